The van der Waals surface area contributed by atoms with Gasteiger partial charge in [0, 0.05) is 46.7 Å². The number of nitrogens with one attached hydrogen (secondary N) is 1. The fourth-order valence-corrected chi connectivity index (χ4v) is 7.97. The predicted molar refractivity (Wildman–Crippen MR) is 154 cm³/mol. The normalized spacial score (nSPS) is 17.6. The molecule has 1 atom stereocenters. The molecule has 1 saturated heterocycles. The Bertz CT molecular complexity index is 1370. The number of halogens is 1. The van der Waals surface area contributed by atoms with Gasteiger partial charge in [0.15, 0.2) is 0 Å². The summed E-state index contributed by atoms with van der Waals surface area (Å²) in [5, 5.41) is 0.674. The average molecular weight is 553 g/mol. The van der Waals surface area contributed by atoms with Crippen LogP contribution in [0.1, 0.15) is 80.3 Å². The number of hydrogen-bond acceptors (Lipinski definition) is 5. The lowest BCUT2D eigenvalue weighted by molar-refractivity contribution is 0.0727. The van der Waals surface area contributed by atoms with Crippen molar-refractivity contribution in [2.45, 2.75) is 72.4 Å². The predicted octanol–water partition coefficient (Wildman–Crippen LogP) is 6.01. The molecule has 3 aromatic heterocycles. The van der Waals surface area contributed by atoms with E-state index in [0.717, 1.165) is 73.4 Å². The van der Waals surface area contributed by atoms with Gasteiger partial charge in [0.2, 0.25) is 0 Å². The number of hydrogen-bond donors (Lipinski definition) is 1. The van der Waals surface area contributed by atoms with Gasteiger partial charge in [-0.3, -0.25) is 19.5 Å². The van der Waals surface area contributed by atoms with Crippen molar-refractivity contribution in [1.29, 1.82) is 0 Å². The Balaban J connectivity index is 1.29. The van der Waals surface area contributed by atoms with Crippen LogP contribution in [0.3, 0.4) is 0 Å². The molecular weight excluding hydrogens is 516 g/mol. The zero-order valence-corrected chi connectivity index (χ0v) is 24.3. The molecule has 1 unspecified atom stereocenters. The van der Waals surface area contributed by atoms with E-state index < -0.39 is 0 Å². The third kappa shape index (κ3) is 5.47. The number of aromatic nitrogens is 2. The molecule has 2 aliphatic heterocycles. The van der Waals surface area contributed by atoms with Crippen molar-refractivity contribution >= 4 is 28.8 Å². The molecule has 2 aliphatic rings. The van der Waals surface area contributed by atoms with Crippen molar-refractivity contribution in [3.63, 3.8) is 0 Å². The maximum absolute atomic E-state index is 13.7. The molecule has 1 N–H and O–H groups in total. The van der Waals surface area contributed by atoms with Gasteiger partial charge in [-0.1, -0.05) is 18.5 Å². The number of nitrogens with zero attached hydrogens (tertiary/aromatic N) is 3. The van der Waals surface area contributed by atoms with Crippen LogP contribution in [-0.4, -0.2) is 45.3 Å². The summed E-state index contributed by atoms with van der Waals surface area (Å²) >= 11 is 7.85. The molecule has 3 aromatic rings. The van der Waals surface area contributed by atoms with Gasteiger partial charge in [0.25, 0.3) is 11.5 Å². The second-order valence-corrected chi connectivity index (χ2v) is 12.5. The molecular formula is C30H37ClN4O2S. The number of piperidine rings is 1. The van der Waals surface area contributed by atoms with Gasteiger partial charge in [-0.15, -0.1) is 11.3 Å². The van der Waals surface area contributed by atoms with Crippen molar-refractivity contribution in [3.05, 3.63) is 83.2 Å². The largest absolute Gasteiger partial charge is 0.334 e. The van der Waals surface area contributed by atoms with Crippen LogP contribution in [0.25, 0.3) is 0 Å². The van der Waals surface area contributed by atoms with Gasteiger partial charge in [-0.2, -0.15) is 0 Å². The zero-order valence-electron chi connectivity index (χ0n) is 22.8. The van der Waals surface area contributed by atoms with E-state index in [1.165, 1.54) is 9.75 Å². The van der Waals surface area contributed by atoms with E-state index >= 15 is 0 Å². The van der Waals surface area contributed by atoms with Crippen molar-refractivity contribution in [3.8, 4) is 0 Å². The van der Waals surface area contributed by atoms with Crippen LogP contribution in [0.15, 0.2) is 29.2 Å². The summed E-state index contributed by atoms with van der Waals surface area (Å²) in [5.74, 6) is 1.17. The minimum absolute atomic E-state index is 0.0748. The van der Waals surface area contributed by atoms with Crippen LogP contribution < -0.4 is 5.56 Å². The Morgan fingerprint density at radius 2 is 1.89 bits per heavy atom. The highest BCUT2D eigenvalue weighted by Crippen LogP contribution is 2.44. The molecule has 0 aromatic carbocycles. The summed E-state index contributed by atoms with van der Waals surface area (Å²) < 4.78 is 0. The van der Waals surface area contributed by atoms with E-state index in [9.17, 15) is 9.59 Å². The summed E-state index contributed by atoms with van der Waals surface area (Å²) in [7, 11) is 0. The third-order valence-electron chi connectivity index (χ3n) is 8.36. The molecule has 0 spiro atoms. The second kappa shape index (κ2) is 11.3. The Labute approximate surface area is 234 Å². The number of carbonyl (C=O) groups excluding carboxylic acids is 1. The number of aryl methyl sites for hydroxylation is 2. The number of rotatable bonds is 7. The molecule has 0 bridgehead atoms. The molecule has 202 valence electrons. The summed E-state index contributed by atoms with van der Waals surface area (Å²) in [6, 6.07) is 5.90. The van der Waals surface area contributed by atoms with Crippen LogP contribution in [0.5, 0.6) is 0 Å². The molecule has 5 rings (SSSR count). The van der Waals surface area contributed by atoms with Crippen molar-refractivity contribution < 1.29 is 4.79 Å². The lowest BCUT2D eigenvalue weighted by atomic mass is 9.80. The summed E-state index contributed by atoms with van der Waals surface area (Å²) in [6.45, 7) is 12.3. The summed E-state index contributed by atoms with van der Waals surface area (Å²) in [6.07, 6.45) is 5.98. The maximum Gasteiger partial charge on any atom is 0.255 e. The first-order chi connectivity index (χ1) is 18.2. The molecule has 38 heavy (non-hydrogen) atoms. The SMILES string of the molecule is CCC(c1sc2c(c1C)C(=O)N(Cc1c(C)cc(C)[nH]c1=O)CC2)C1CCN(Cc2ccc(Cl)cn2)CC1. The number of amides is 1. The van der Waals surface area contributed by atoms with Crippen LogP contribution >= 0.6 is 22.9 Å². The number of H-pyrrole nitrogens is 1. The number of pyridine rings is 2. The minimum Gasteiger partial charge on any atom is -0.334 e. The first-order valence-corrected chi connectivity index (χ1v) is 14.9. The molecule has 8 heteroatoms. The van der Waals surface area contributed by atoms with E-state index in [4.69, 9.17) is 11.6 Å². The van der Waals surface area contributed by atoms with E-state index in [2.05, 4.69) is 28.7 Å². The number of fused-ring (bicyclic) bond motifs is 1. The standard InChI is InChI=1S/C30H37ClN4O2S/c1-5-24(21-8-11-34(12-9-21)16-23-7-6-22(31)15-32-23)28-20(4)27-26(38-28)10-13-35(30(27)37)17-25-18(2)14-19(3)33-29(25)36/h6-7,14-15,21,24H,5,8-13,16-17H2,1-4H3,(H,33,36). The van der Waals surface area contributed by atoms with Gasteiger partial charge < -0.3 is 9.88 Å². The van der Waals surface area contributed by atoms with Gasteiger partial charge in [-0.25, -0.2) is 0 Å². The van der Waals surface area contributed by atoms with Gasteiger partial charge in [-0.05, 0) is 94.3 Å². The van der Waals surface area contributed by atoms with Crippen LogP contribution in [0.2, 0.25) is 5.02 Å². The fraction of sp³-hybridized carbons (Fsp3) is 0.500. The number of thiophene rings is 1. The molecule has 5 heterocycles. The molecule has 6 nitrogen and oxygen atoms in total. The molecule has 0 radical (unpaired) electrons. The maximum atomic E-state index is 13.7. The fourth-order valence-electron chi connectivity index (χ4n) is 6.29. The Morgan fingerprint density at radius 1 is 1.13 bits per heavy atom. The first-order valence-electron chi connectivity index (χ1n) is 13.7. The Morgan fingerprint density at radius 3 is 2.55 bits per heavy atom. The Kier molecular flexibility index (Phi) is 8.08. The average Bonchev–Trinajstić information content (AvgIpc) is 3.22. The smallest absolute Gasteiger partial charge is 0.255 e. The molecule has 0 aliphatic carbocycles. The van der Waals surface area contributed by atoms with Crippen LogP contribution in [0, 0.1) is 26.7 Å². The van der Waals surface area contributed by atoms with E-state index in [-0.39, 0.29) is 11.5 Å². The van der Waals surface area contributed by atoms with Gasteiger partial charge in [0.05, 0.1) is 22.8 Å². The first kappa shape index (κ1) is 27.1. The number of likely N-dealkylation sites (tertiary alicyclic amines) is 1. The minimum atomic E-state index is -0.0898. The quantitative estimate of drug-likeness (QED) is 0.389. The van der Waals surface area contributed by atoms with E-state index in [0.29, 0.717) is 35.5 Å². The Hall–Kier alpha value is -2.48. The highest BCUT2D eigenvalue weighted by Gasteiger charge is 2.35. The van der Waals surface area contributed by atoms with Crippen molar-refractivity contribution in [2.75, 3.05) is 19.6 Å². The number of aromatic amines is 1. The van der Waals surface area contributed by atoms with Crippen molar-refractivity contribution in [1.82, 2.24) is 19.8 Å². The van der Waals surface area contributed by atoms with E-state index in [1.807, 2.05) is 48.3 Å². The highest BCUT2D eigenvalue weighted by molar-refractivity contribution is 7.12. The van der Waals surface area contributed by atoms with E-state index in [1.54, 1.807) is 6.20 Å². The van der Waals surface area contributed by atoms with Gasteiger partial charge >= 0.3 is 0 Å². The number of carbonyl (C=O) groups is 1. The molecule has 0 saturated carbocycles. The lowest BCUT2D eigenvalue weighted by Crippen LogP contribution is -2.38. The zero-order chi connectivity index (χ0) is 27.0. The van der Waals surface area contributed by atoms with Gasteiger partial charge in [0.1, 0.15) is 0 Å². The summed E-state index contributed by atoms with van der Waals surface area (Å²) in [4.78, 5) is 40.6. The molecule has 1 amide bonds. The monoisotopic (exact) mass is 552 g/mol. The lowest BCUT2D eigenvalue weighted by Gasteiger charge is -2.35. The van der Waals surface area contributed by atoms with Crippen LogP contribution in [-0.2, 0) is 19.5 Å². The van der Waals surface area contributed by atoms with Crippen LogP contribution in [0.4, 0.5) is 0 Å². The topological polar surface area (TPSA) is 69.3 Å². The third-order valence-corrected chi connectivity index (χ3v) is 10.1. The van der Waals surface area contributed by atoms with Crippen molar-refractivity contribution in [2.24, 2.45) is 5.92 Å². The highest BCUT2D eigenvalue weighted by atomic mass is 35.5. The molecule has 1 fully saturated rings. The summed E-state index contributed by atoms with van der Waals surface area (Å²) in [5.41, 5.74) is 5.50. The second-order valence-electron chi connectivity index (χ2n) is 10.9.